The van der Waals surface area contributed by atoms with Gasteiger partial charge in [-0.15, -0.1) is 0 Å². The van der Waals surface area contributed by atoms with E-state index in [9.17, 15) is 9.18 Å². The average Bonchev–Trinajstić information content (AvgIpc) is 2.67. The maximum Gasteiger partial charge on any atom is 0.312 e. The van der Waals surface area contributed by atoms with Crippen LogP contribution in [0.2, 0.25) is 5.02 Å². The lowest BCUT2D eigenvalue weighted by atomic mass is 10.1. The number of nitrogens with zero attached hydrogens (tertiary/aromatic N) is 2. The summed E-state index contributed by atoms with van der Waals surface area (Å²) in [5.74, 6) is -0.755. The highest BCUT2D eigenvalue weighted by atomic mass is 35.5. The molecule has 2 aromatic heterocycles. The van der Waals surface area contributed by atoms with Crippen molar-refractivity contribution in [1.82, 2.24) is 9.97 Å². The second-order valence-electron chi connectivity index (χ2n) is 5.88. The average molecular weight is 402 g/mol. The summed E-state index contributed by atoms with van der Waals surface area (Å²) in [6, 6.07) is 11.2. The highest BCUT2D eigenvalue weighted by molar-refractivity contribution is 6.30. The number of ether oxygens (including phenoxy) is 2. The minimum absolute atomic E-state index is 0.0729. The van der Waals surface area contributed by atoms with Gasteiger partial charge in [-0.05, 0) is 48.9 Å². The van der Waals surface area contributed by atoms with Gasteiger partial charge in [0.1, 0.15) is 5.75 Å². The predicted octanol–water partition coefficient (Wildman–Crippen LogP) is 5.02. The summed E-state index contributed by atoms with van der Waals surface area (Å²) in [6.45, 7) is 1.88. The summed E-state index contributed by atoms with van der Waals surface area (Å²) in [5, 5.41) is 0.185. The normalized spacial score (nSPS) is 10.5. The van der Waals surface area contributed by atoms with Crippen molar-refractivity contribution in [2.45, 2.75) is 19.8 Å². The summed E-state index contributed by atoms with van der Waals surface area (Å²) in [5.41, 5.74) is 7.42. The molecular formula is C20H17ClFN3O3. The smallest absolute Gasteiger partial charge is 0.312 e. The topological polar surface area (TPSA) is 87.3 Å². The Bertz CT molecular complexity index is 996. The molecule has 0 spiro atoms. The van der Waals surface area contributed by atoms with Crippen molar-refractivity contribution in [3.63, 3.8) is 0 Å². The number of esters is 1. The van der Waals surface area contributed by atoms with E-state index in [2.05, 4.69) is 9.97 Å². The first-order chi connectivity index (χ1) is 13.5. The summed E-state index contributed by atoms with van der Waals surface area (Å²) in [6.07, 6.45) is 2.25. The lowest BCUT2D eigenvalue weighted by Gasteiger charge is -2.09. The van der Waals surface area contributed by atoms with Crippen molar-refractivity contribution in [1.29, 1.82) is 0 Å². The molecule has 0 aliphatic carbocycles. The van der Waals surface area contributed by atoms with Gasteiger partial charge in [0, 0.05) is 18.2 Å². The van der Waals surface area contributed by atoms with Crippen molar-refractivity contribution in [2.75, 3.05) is 5.73 Å². The molecule has 2 N–H and O–H groups in total. The number of anilines is 1. The molecule has 0 saturated carbocycles. The molecule has 0 amide bonds. The summed E-state index contributed by atoms with van der Waals surface area (Å²) < 4.78 is 24.4. The van der Waals surface area contributed by atoms with Crippen LogP contribution in [0.4, 0.5) is 10.1 Å². The van der Waals surface area contributed by atoms with Gasteiger partial charge in [-0.25, -0.2) is 14.4 Å². The van der Waals surface area contributed by atoms with Crippen LogP contribution in [0.25, 0.3) is 11.3 Å². The van der Waals surface area contributed by atoms with Gasteiger partial charge >= 0.3 is 5.97 Å². The number of rotatable bonds is 6. The molecule has 3 aromatic rings. The standard InChI is InChI=1S/C20H17ClFN3O3/c1-2-3-18(26)28-20-16(23)8-9-17(25-20)12-4-6-14(7-5-12)27-19-15(22)10-13(21)11-24-19/h4-11H,2-3,23H2,1H3. The van der Waals surface area contributed by atoms with Gasteiger partial charge in [0.2, 0.25) is 5.88 Å². The van der Waals surface area contributed by atoms with Crippen molar-refractivity contribution < 1.29 is 18.7 Å². The molecule has 0 aliphatic heterocycles. The predicted molar refractivity (Wildman–Crippen MR) is 104 cm³/mol. The molecule has 0 radical (unpaired) electrons. The molecule has 0 atom stereocenters. The van der Waals surface area contributed by atoms with Crippen molar-refractivity contribution in [3.05, 3.63) is 59.5 Å². The number of pyridine rings is 2. The van der Waals surface area contributed by atoms with E-state index in [0.29, 0.717) is 17.9 Å². The van der Waals surface area contributed by atoms with Gasteiger partial charge < -0.3 is 15.2 Å². The number of aromatic nitrogens is 2. The molecular weight excluding hydrogens is 385 g/mol. The Morgan fingerprint density at radius 2 is 1.93 bits per heavy atom. The van der Waals surface area contributed by atoms with E-state index in [1.807, 2.05) is 6.92 Å². The van der Waals surface area contributed by atoms with Gasteiger partial charge in [0.25, 0.3) is 5.88 Å². The summed E-state index contributed by atoms with van der Waals surface area (Å²) >= 11 is 5.68. The maximum absolute atomic E-state index is 13.8. The number of nitrogens with two attached hydrogens (primary N) is 1. The number of hydrogen-bond acceptors (Lipinski definition) is 6. The number of halogens is 2. The zero-order chi connectivity index (χ0) is 20.1. The fraction of sp³-hybridized carbons (Fsp3) is 0.150. The first-order valence-corrected chi connectivity index (χ1v) is 8.90. The van der Waals surface area contributed by atoms with E-state index in [1.54, 1.807) is 36.4 Å². The maximum atomic E-state index is 13.8. The Labute approximate surface area is 166 Å². The third-order valence-corrected chi connectivity index (χ3v) is 3.90. The monoisotopic (exact) mass is 401 g/mol. The van der Waals surface area contributed by atoms with Gasteiger partial charge in [0.15, 0.2) is 5.82 Å². The number of benzene rings is 1. The minimum Gasteiger partial charge on any atom is -0.436 e. The van der Waals surface area contributed by atoms with Gasteiger partial charge in [-0.1, -0.05) is 18.5 Å². The molecule has 0 saturated heterocycles. The van der Waals surface area contributed by atoms with Gasteiger partial charge in [-0.2, -0.15) is 0 Å². The molecule has 8 heteroatoms. The Hall–Kier alpha value is -3.19. The first-order valence-electron chi connectivity index (χ1n) is 8.53. The lowest BCUT2D eigenvalue weighted by molar-refractivity contribution is -0.134. The quantitative estimate of drug-likeness (QED) is 0.584. The van der Waals surface area contributed by atoms with Crippen molar-refractivity contribution in [2.24, 2.45) is 0 Å². The van der Waals surface area contributed by atoms with E-state index in [1.165, 1.54) is 6.20 Å². The molecule has 3 rings (SSSR count). The van der Waals surface area contributed by atoms with Gasteiger partial charge in [-0.3, -0.25) is 4.79 Å². The Morgan fingerprint density at radius 3 is 2.61 bits per heavy atom. The SMILES string of the molecule is CCCC(=O)Oc1nc(-c2ccc(Oc3ncc(Cl)cc3F)cc2)ccc1N. The largest absolute Gasteiger partial charge is 0.436 e. The zero-order valence-electron chi connectivity index (χ0n) is 15.0. The Kier molecular flexibility index (Phi) is 6.06. The molecule has 2 heterocycles. The summed E-state index contributed by atoms with van der Waals surface area (Å²) in [4.78, 5) is 19.8. The molecule has 0 fully saturated rings. The number of carbonyl (C=O) groups excluding carboxylic acids is 1. The van der Waals surface area contributed by atoms with Crippen molar-refractivity contribution >= 4 is 23.3 Å². The minimum atomic E-state index is -0.657. The molecule has 1 aromatic carbocycles. The Balaban J connectivity index is 1.78. The highest BCUT2D eigenvalue weighted by Gasteiger charge is 2.12. The van der Waals surface area contributed by atoms with E-state index in [-0.39, 0.29) is 34.9 Å². The van der Waals surface area contributed by atoms with Gasteiger partial charge in [0.05, 0.1) is 16.4 Å². The number of nitrogen functional groups attached to an aromatic ring is 1. The molecule has 144 valence electrons. The zero-order valence-corrected chi connectivity index (χ0v) is 15.7. The van der Waals surface area contributed by atoms with Crippen LogP contribution in [0.1, 0.15) is 19.8 Å². The molecule has 28 heavy (non-hydrogen) atoms. The van der Waals surface area contributed by atoms with Crippen LogP contribution in [0.3, 0.4) is 0 Å². The van der Waals surface area contributed by atoms with Crippen LogP contribution >= 0.6 is 11.6 Å². The van der Waals surface area contributed by atoms with E-state index >= 15 is 0 Å². The van der Waals surface area contributed by atoms with Crippen LogP contribution in [-0.2, 0) is 4.79 Å². The number of hydrogen-bond donors (Lipinski definition) is 1. The van der Waals surface area contributed by atoms with Crippen LogP contribution < -0.4 is 15.2 Å². The second kappa shape index (κ2) is 8.67. The number of carbonyl (C=O) groups is 1. The highest BCUT2D eigenvalue weighted by Crippen LogP contribution is 2.29. The first kappa shape index (κ1) is 19.6. The molecule has 0 unspecified atom stereocenters. The second-order valence-corrected chi connectivity index (χ2v) is 6.32. The Morgan fingerprint density at radius 1 is 1.18 bits per heavy atom. The third-order valence-electron chi connectivity index (χ3n) is 3.69. The van der Waals surface area contributed by atoms with Crippen LogP contribution in [0, 0.1) is 5.82 Å². The molecule has 0 aliphatic rings. The lowest BCUT2D eigenvalue weighted by Crippen LogP contribution is -2.10. The van der Waals surface area contributed by atoms with Crippen molar-refractivity contribution in [3.8, 4) is 28.8 Å². The fourth-order valence-electron chi connectivity index (χ4n) is 2.34. The fourth-order valence-corrected chi connectivity index (χ4v) is 2.48. The van der Waals surface area contributed by atoms with E-state index in [0.717, 1.165) is 11.6 Å². The van der Waals surface area contributed by atoms with Crippen LogP contribution in [-0.4, -0.2) is 15.9 Å². The summed E-state index contributed by atoms with van der Waals surface area (Å²) in [7, 11) is 0. The van der Waals surface area contributed by atoms with E-state index in [4.69, 9.17) is 26.8 Å². The van der Waals surface area contributed by atoms with E-state index < -0.39 is 5.82 Å². The van der Waals surface area contributed by atoms with Crippen LogP contribution in [0.5, 0.6) is 17.5 Å². The third kappa shape index (κ3) is 4.75. The molecule has 6 nitrogen and oxygen atoms in total. The van der Waals surface area contributed by atoms with Crippen LogP contribution in [0.15, 0.2) is 48.7 Å². The molecule has 0 bridgehead atoms.